The highest BCUT2D eigenvalue weighted by Gasteiger charge is 2.13. The van der Waals surface area contributed by atoms with Crippen LogP contribution in [0, 0.1) is 5.92 Å². The van der Waals surface area contributed by atoms with Crippen molar-refractivity contribution in [1.82, 2.24) is 0 Å². The summed E-state index contributed by atoms with van der Waals surface area (Å²) in [5.41, 5.74) is 0. The first-order valence-electron chi connectivity index (χ1n) is 3.37. The Hall–Kier alpha value is -1.06. The normalized spacial score (nSPS) is 12.2. The van der Waals surface area contributed by atoms with Crippen molar-refractivity contribution >= 4 is 11.9 Å². The van der Waals surface area contributed by atoms with Gasteiger partial charge in [0.05, 0.1) is 13.0 Å². The van der Waals surface area contributed by atoms with E-state index in [1.165, 1.54) is 7.11 Å². The first kappa shape index (κ1) is 9.94. The molecule has 0 aliphatic carbocycles. The third-order valence-corrected chi connectivity index (χ3v) is 1.39. The Labute approximate surface area is 65.2 Å². The van der Waals surface area contributed by atoms with Crippen LogP contribution in [0.15, 0.2) is 0 Å². The standard InChI is InChI=1S/C7H12O4/c1-5(7(10)11-2)3-4-6(8)9/h5H,3-4H2,1-2H3,(H,8,9)/t5-/m0/s1. The minimum atomic E-state index is -0.888. The molecule has 0 aromatic heterocycles. The van der Waals surface area contributed by atoms with Gasteiger partial charge in [-0.1, -0.05) is 6.92 Å². The van der Waals surface area contributed by atoms with Crippen molar-refractivity contribution < 1.29 is 19.4 Å². The molecule has 0 aromatic rings. The highest BCUT2D eigenvalue weighted by Crippen LogP contribution is 2.06. The number of carbonyl (C=O) groups is 2. The van der Waals surface area contributed by atoms with E-state index in [-0.39, 0.29) is 18.3 Å². The van der Waals surface area contributed by atoms with Crippen LogP contribution in [0.3, 0.4) is 0 Å². The molecule has 11 heavy (non-hydrogen) atoms. The summed E-state index contributed by atoms with van der Waals surface area (Å²) in [6.07, 6.45) is 0.346. The number of esters is 1. The fourth-order valence-corrected chi connectivity index (χ4v) is 0.659. The summed E-state index contributed by atoms with van der Waals surface area (Å²) in [6.45, 7) is 1.65. The third-order valence-electron chi connectivity index (χ3n) is 1.39. The fraction of sp³-hybridized carbons (Fsp3) is 0.714. The Morgan fingerprint density at radius 2 is 2.09 bits per heavy atom. The molecule has 4 heteroatoms. The van der Waals surface area contributed by atoms with Gasteiger partial charge in [-0.15, -0.1) is 0 Å². The Balaban J connectivity index is 3.60. The van der Waals surface area contributed by atoms with E-state index in [0.29, 0.717) is 6.42 Å². The lowest BCUT2D eigenvalue weighted by atomic mass is 10.1. The molecule has 0 saturated heterocycles. The highest BCUT2D eigenvalue weighted by atomic mass is 16.5. The van der Waals surface area contributed by atoms with E-state index in [4.69, 9.17) is 5.11 Å². The number of ether oxygens (including phenoxy) is 1. The molecule has 1 N–H and O–H groups in total. The van der Waals surface area contributed by atoms with Crippen molar-refractivity contribution in [2.75, 3.05) is 7.11 Å². The molecule has 1 atom stereocenters. The molecule has 0 heterocycles. The lowest BCUT2D eigenvalue weighted by Crippen LogP contribution is -2.13. The Bertz CT molecular complexity index is 153. The average Bonchev–Trinajstić information content (AvgIpc) is 1.98. The van der Waals surface area contributed by atoms with Crippen molar-refractivity contribution in [3.8, 4) is 0 Å². The summed E-state index contributed by atoms with van der Waals surface area (Å²) >= 11 is 0. The van der Waals surface area contributed by atoms with E-state index >= 15 is 0 Å². The largest absolute Gasteiger partial charge is 0.481 e. The maximum absolute atomic E-state index is 10.7. The molecule has 0 radical (unpaired) electrons. The minimum Gasteiger partial charge on any atom is -0.481 e. The molecule has 0 fully saturated rings. The third kappa shape index (κ3) is 4.36. The molecule has 0 saturated carbocycles. The molecule has 0 aromatic carbocycles. The Morgan fingerprint density at radius 1 is 1.55 bits per heavy atom. The molecule has 0 amide bonds. The quantitative estimate of drug-likeness (QED) is 0.613. The number of aliphatic carboxylic acids is 1. The number of hydrogen-bond donors (Lipinski definition) is 1. The van der Waals surface area contributed by atoms with Gasteiger partial charge in [-0.05, 0) is 6.42 Å². The summed E-state index contributed by atoms with van der Waals surface area (Å²) in [6, 6.07) is 0. The van der Waals surface area contributed by atoms with Gasteiger partial charge in [-0.3, -0.25) is 9.59 Å². The molecular formula is C7H12O4. The zero-order valence-corrected chi connectivity index (χ0v) is 6.66. The summed E-state index contributed by atoms with van der Waals surface area (Å²) in [5, 5.41) is 8.26. The fourth-order valence-electron chi connectivity index (χ4n) is 0.659. The van der Waals surface area contributed by atoms with Crippen molar-refractivity contribution in [3.05, 3.63) is 0 Å². The lowest BCUT2D eigenvalue weighted by molar-refractivity contribution is -0.145. The van der Waals surface area contributed by atoms with E-state index in [1.54, 1.807) is 6.92 Å². The SMILES string of the molecule is COC(=O)[C@@H](C)CCC(=O)O. The second-order valence-electron chi connectivity index (χ2n) is 2.36. The number of carbonyl (C=O) groups excluding carboxylic acids is 1. The zero-order valence-electron chi connectivity index (χ0n) is 6.66. The van der Waals surface area contributed by atoms with Crippen LogP contribution in [-0.4, -0.2) is 24.2 Å². The van der Waals surface area contributed by atoms with Gasteiger partial charge in [-0.2, -0.15) is 0 Å². The van der Waals surface area contributed by atoms with Crippen LogP contribution in [0.2, 0.25) is 0 Å². The number of rotatable bonds is 4. The number of methoxy groups -OCH3 is 1. The lowest BCUT2D eigenvalue weighted by Gasteiger charge is -2.05. The topological polar surface area (TPSA) is 63.6 Å². The summed E-state index contributed by atoms with van der Waals surface area (Å²) in [4.78, 5) is 20.8. The van der Waals surface area contributed by atoms with Gasteiger partial charge in [0.2, 0.25) is 0 Å². The van der Waals surface area contributed by atoms with E-state index in [1.807, 2.05) is 0 Å². The van der Waals surface area contributed by atoms with Crippen LogP contribution in [0.1, 0.15) is 19.8 Å². The maximum Gasteiger partial charge on any atom is 0.308 e. The van der Waals surface area contributed by atoms with Crippen LogP contribution in [0.25, 0.3) is 0 Å². The number of carboxylic acids is 1. The minimum absolute atomic E-state index is 0.0102. The van der Waals surface area contributed by atoms with E-state index in [9.17, 15) is 9.59 Å². The van der Waals surface area contributed by atoms with Crippen molar-refractivity contribution in [1.29, 1.82) is 0 Å². The number of hydrogen-bond acceptors (Lipinski definition) is 3. The smallest absolute Gasteiger partial charge is 0.308 e. The van der Waals surface area contributed by atoms with Crippen molar-refractivity contribution in [3.63, 3.8) is 0 Å². The summed E-state index contributed by atoms with van der Waals surface area (Å²) < 4.78 is 4.41. The summed E-state index contributed by atoms with van der Waals surface area (Å²) in [7, 11) is 1.29. The molecule has 0 unspecified atom stereocenters. The van der Waals surface area contributed by atoms with Gasteiger partial charge < -0.3 is 9.84 Å². The van der Waals surface area contributed by atoms with Gasteiger partial charge >= 0.3 is 11.9 Å². The zero-order chi connectivity index (χ0) is 8.85. The van der Waals surface area contributed by atoms with Crippen LogP contribution < -0.4 is 0 Å². The van der Waals surface area contributed by atoms with Gasteiger partial charge in [0, 0.05) is 6.42 Å². The molecular weight excluding hydrogens is 148 g/mol. The Kier molecular flexibility index (Phi) is 4.26. The van der Waals surface area contributed by atoms with Crippen LogP contribution >= 0.6 is 0 Å². The van der Waals surface area contributed by atoms with Crippen molar-refractivity contribution in [2.45, 2.75) is 19.8 Å². The van der Waals surface area contributed by atoms with Gasteiger partial charge in [0.1, 0.15) is 0 Å². The van der Waals surface area contributed by atoms with E-state index in [2.05, 4.69) is 4.74 Å². The van der Waals surface area contributed by atoms with Crippen LogP contribution in [-0.2, 0) is 14.3 Å². The second-order valence-corrected chi connectivity index (χ2v) is 2.36. The molecule has 4 nitrogen and oxygen atoms in total. The van der Waals surface area contributed by atoms with Crippen molar-refractivity contribution in [2.24, 2.45) is 5.92 Å². The predicted molar refractivity (Wildman–Crippen MR) is 38.0 cm³/mol. The monoisotopic (exact) mass is 160 g/mol. The molecule has 0 spiro atoms. The average molecular weight is 160 g/mol. The maximum atomic E-state index is 10.7. The highest BCUT2D eigenvalue weighted by molar-refractivity contribution is 5.73. The Morgan fingerprint density at radius 3 is 2.45 bits per heavy atom. The molecule has 0 rings (SSSR count). The van der Waals surface area contributed by atoms with Gasteiger partial charge in [0.15, 0.2) is 0 Å². The van der Waals surface area contributed by atoms with E-state index in [0.717, 1.165) is 0 Å². The van der Waals surface area contributed by atoms with E-state index < -0.39 is 5.97 Å². The molecule has 0 aliphatic rings. The molecule has 0 bridgehead atoms. The van der Waals surface area contributed by atoms with Gasteiger partial charge in [-0.25, -0.2) is 0 Å². The first-order valence-corrected chi connectivity index (χ1v) is 3.37. The second kappa shape index (κ2) is 4.71. The molecule has 0 aliphatic heterocycles. The first-order chi connectivity index (χ1) is 5.07. The van der Waals surface area contributed by atoms with Gasteiger partial charge in [0.25, 0.3) is 0 Å². The molecule has 64 valence electrons. The van der Waals surface area contributed by atoms with Crippen LogP contribution in [0.5, 0.6) is 0 Å². The van der Waals surface area contributed by atoms with Crippen LogP contribution in [0.4, 0.5) is 0 Å². The predicted octanol–water partition coefficient (Wildman–Crippen LogP) is 0.660. The summed E-state index contributed by atoms with van der Waals surface area (Å²) in [5.74, 6) is -1.57. The number of carboxylic acid groups (broad SMARTS) is 1.